The fourth-order valence-electron chi connectivity index (χ4n) is 4.40. The van der Waals surface area contributed by atoms with Crippen molar-refractivity contribution in [3.63, 3.8) is 0 Å². The van der Waals surface area contributed by atoms with E-state index < -0.39 is 0 Å². The minimum Gasteiger partial charge on any atom is -0.463 e. The molecule has 1 aliphatic carbocycles. The van der Waals surface area contributed by atoms with Crippen LogP contribution in [0.5, 0.6) is 5.75 Å². The van der Waals surface area contributed by atoms with Crippen molar-refractivity contribution in [1.82, 2.24) is 0 Å². The molecule has 0 aromatic heterocycles. The summed E-state index contributed by atoms with van der Waals surface area (Å²) >= 11 is 0. The fraction of sp³-hybridized carbons (Fsp3) is 0.625. The molecule has 0 bridgehead atoms. The van der Waals surface area contributed by atoms with E-state index in [-0.39, 0.29) is 11.9 Å². The van der Waals surface area contributed by atoms with Crippen molar-refractivity contribution in [3.05, 3.63) is 54.6 Å². The van der Waals surface area contributed by atoms with E-state index in [0.29, 0.717) is 18.3 Å². The maximum atomic E-state index is 11.9. The van der Waals surface area contributed by atoms with Crippen molar-refractivity contribution in [3.8, 4) is 5.75 Å². The number of hydrogen-bond donors (Lipinski definition) is 0. The third-order valence-electron chi connectivity index (χ3n) is 6.57. The van der Waals surface area contributed by atoms with E-state index in [1.54, 1.807) is 12.1 Å². The van der Waals surface area contributed by atoms with Crippen LogP contribution in [0.2, 0.25) is 0 Å². The molecule has 1 aliphatic rings. The minimum absolute atomic E-state index is 0.230. The van der Waals surface area contributed by atoms with Gasteiger partial charge in [0, 0.05) is 11.6 Å². The first-order valence-electron chi connectivity index (χ1n) is 14.3. The van der Waals surface area contributed by atoms with Gasteiger partial charge in [0.1, 0.15) is 5.75 Å². The van der Waals surface area contributed by atoms with E-state index in [1.165, 1.54) is 102 Å². The number of benzene rings is 1. The Hall–Kier alpha value is -2.36. The highest BCUT2D eigenvalue weighted by Gasteiger charge is 2.14. The Morgan fingerprint density at radius 2 is 1.42 bits per heavy atom. The van der Waals surface area contributed by atoms with E-state index in [9.17, 15) is 9.59 Å². The summed E-state index contributed by atoms with van der Waals surface area (Å²) in [6, 6.07) is 9.23. The van der Waals surface area contributed by atoms with Gasteiger partial charge in [-0.1, -0.05) is 121 Å². The summed E-state index contributed by atoms with van der Waals surface area (Å²) in [4.78, 5) is 22.6. The van der Waals surface area contributed by atoms with Crippen molar-refractivity contribution >= 4 is 11.9 Å². The molecule has 0 radical (unpaired) electrons. The van der Waals surface area contributed by atoms with Gasteiger partial charge >= 0.3 is 11.9 Å². The van der Waals surface area contributed by atoms with Crippen molar-refractivity contribution in [2.24, 2.45) is 5.92 Å². The van der Waals surface area contributed by atoms with E-state index in [2.05, 4.69) is 19.6 Å². The molecule has 0 heterocycles. The van der Waals surface area contributed by atoms with Crippen molar-refractivity contribution in [2.45, 2.75) is 117 Å². The lowest BCUT2D eigenvalue weighted by Crippen LogP contribution is -2.12. The Balaban J connectivity index is 0.000000360. The van der Waals surface area contributed by atoms with Gasteiger partial charge in [-0.15, -0.1) is 0 Å². The number of rotatable bonds is 16. The second-order valence-corrected chi connectivity index (χ2v) is 9.86. The molecular weight excluding hydrogens is 448 g/mol. The molecule has 0 N–H and O–H groups in total. The van der Waals surface area contributed by atoms with Gasteiger partial charge in [-0.2, -0.15) is 0 Å². The molecule has 4 nitrogen and oxygen atoms in total. The Labute approximate surface area is 220 Å². The topological polar surface area (TPSA) is 52.6 Å². The van der Waals surface area contributed by atoms with Gasteiger partial charge in [0.05, 0.1) is 6.61 Å². The monoisotopic (exact) mass is 498 g/mol. The average molecular weight is 499 g/mol. The first kappa shape index (κ1) is 31.7. The van der Waals surface area contributed by atoms with Crippen LogP contribution in [-0.2, 0) is 14.3 Å². The largest absolute Gasteiger partial charge is 0.463 e. The highest BCUT2D eigenvalue weighted by molar-refractivity contribution is 5.89. The Morgan fingerprint density at radius 3 is 1.97 bits per heavy atom. The number of carbonyl (C=O) groups excluding carboxylic acids is 2. The molecule has 4 heteroatoms. The number of para-hydroxylation sites is 1. The number of unbranched alkanes of at least 4 members (excludes halogenated alkanes) is 10. The maximum Gasteiger partial charge on any atom is 0.338 e. The molecule has 0 spiro atoms. The van der Waals surface area contributed by atoms with Crippen LogP contribution in [0.1, 0.15) is 117 Å². The normalized spacial score (nSPS) is 13.9. The molecule has 36 heavy (non-hydrogen) atoms. The van der Waals surface area contributed by atoms with Crippen LogP contribution in [0, 0.1) is 5.92 Å². The third kappa shape index (κ3) is 17.1. The summed E-state index contributed by atoms with van der Waals surface area (Å²) in [5.41, 5.74) is 0.728. The molecule has 1 aromatic carbocycles. The average Bonchev–Trinajstić information content (AvgIpc) is 2.90. The van der Waals surface area contributed by atoms with E-state index in [0.717, 1.165) is 12.0 Å². The maximum absolute atomic E-state index is 11.9. The molecule has 0 atom stereocenters. The molecule has 1 fully saturated rings. The van der Waals surface area contributed by atoms with Gasteiger partial charge in [0.15, 0.2) is 0 Å². The van der Waals surface area contributed by atoms with Gasteiger partial charge in [0.2, 0.25) is 0 Å². The number of ether oxygens (including phenoxy) is 2. The summed E-state index contributed by atoms with van der Waals surface area (Å²) in [6.07, 6.45) is 24.0. The smallest absolute Gasteiger partial charge is 0.338 e. The van der Waals surface area contributed by atoms with E-state index in [1.807, 2.05) is 25.1 Å². The van der Waals surface area contributed by atoms with Crippen molar-refractivity contribution in [1.29, 1.82) is 0 Å². The molecule has 202 valence electrons. The summed E-state index contributed by atoms with van der Waals surface area (Å²) < 4.78 is 10.2. The summed E-state index contributed by atoms with van der Waals surface area (Å²) in [5.74, 6) is 0.634. The Bertz CT molecular complexity index is 732. The summed E-state index contributed by atoms with van der Waals surface area (Å²) in [5, 5.41) is 0. The van der Waals surface area contributed by atoms with Gasteiger partial charge < -0.3 is 9.47 Å². The van der Waals surface area contributed by atoms with Crippen LogP contribution in [-0.4, -0.2) is 18.5 Å². The molecule has 0 amide bonds. The molecule has 1 saturated carbocycles. The zero-order chi connectivity index (χ0) is 26.3. The number of esters is 2. The molecular formula is C32H50O4. The van der Waals surface area contributed by atoms with E-state index in [4.69, 9.17) is 9.47 Å². The van der Waals surface area contributed by atoms with Crippen LogP contribution in [0.25, 0.3) is 0 Å². The fourth-order valence-corrected chi connectivity index (χ4v) is 4.40. The van der Waals surface area contributed by atoms with Gasteiger partial charge in [-0.3, -0.25) is 0 Å². The predicted molar refractivity (Wildman–Crippen MR) is 150 cm³/mol. The number of allylic oxidation sites excluding steroid dienone is 1. The lowest BCUT2D eigenvalue weighted by molar-refractivity contribution is -0.137. The van der Waals surface area contributed by atoms with Crippen molar-refractivity contribution in [2.75, 3.05) is 6.61 Å². The lowest BCUT2D eigenvalue weighted by atomic mass is 9.88. The molecule has 0 aliphatic heterocycles. The van der Waals surface area contributed by atoms with Crippen LogP contribution < -0.4 is 4.74 Å². The number of hydrogen-bond acceptors (Lipinski definition) is 4. The predicted octanol–water partition coefficient (Wildman–Crippen LogP) is 9.15. The first-order chi connectivity index (χ1) is 17.6. The second kappa shape index (κ2) is 21.9. The number of carbonyl (C=O) groups is 2. The van der Waals surface area contributed by atoms with Crippen molar-refractivity contribution < 1.29 is 19.1 Å². The van der Waals surface area contributed by atoms with Crippen LogP contribution in [0.3, 0.4) is 0 Å². The van der Waals surface area contributed by atoms with Crippen LogP contribution in [0.4, 0.5) is 0 Å². The second-order valence-electron chi connectivity index (χ2n) is 9.86. The highest BCUT2D eigenvalue weighted by atomic mass is 16.5. The van der Waals surface area contributed by atoms with Gasteiger partial charge in [-0.05, 0) is 44.2 Å². The molecule has 1 aromatic rings. The van der Waals surface area contributed by atoms with Gasteiger partial charge in [-0.25, -0.2) is 9.59 Å². The summed E-state index contributed by atoms with van der Waals surface area (Å²) in [7, 11) is 0. The first-order valence-corrected chi connectivity index (χ1v) is 14.3. The zero-order valence-electron chi connectivity index (χ0n) is 23.0. The molecule has 0 unspecified atom stereocenters. The molecule has 2 rings (SSSR count). The van der Waals surface area contributed by atoms with Crippen LogP contribution >= 0.6 is 0 Å². The minimum atomic E-state index is -0.304. The molecule has 0 saturated heterocycles. The standard InChI is InChI=1S/C16H20O2.C16H30O2/c1-13(12-14-8-4-2-5-9-14)16(17)18-15-10-6-3-7-11-15;1-3-5-6-7-8-9-10-11-12-13-14-15-18-16(17)4-2/h3,6-7,10-12,14H,2,4-5,8-9H2,1H3;4H,2-3,5-15H2,1H3. The third-order valence-corrected chi connectivity index (χ3v) is 6.57. The quantitative estimate of drug-likeness (QED) is 0.0986. The highest BCUT2D eigenvalue weighted by Crippen LogP contribution is 2.26. The van der Waals surface area contributed by atoms with Gasteiger partial charge in [0.25, 0.3) is 0 Å². The SMILES string of the molecule is C=CC(=O)OCCCCCCCCCCCCC.CC(=CC1CCCCC1)C(=O)Oc1ccccc1. The van der Waals surface area contributed by atoms with Crippen LogP contribution in [0.15, 0.2) is 54.6 Å². The Morgan fingerprint density at radius 1 is 0.861 bits per heavy atom. The lowest BCUT2D eigenvalue weighted by Gasteiger charge is -2.18. The summed E-state index contributed by atoms with van der Waals surface area (Å²) in [6.45, 7) is 8.01. The van der Waals surface area contributed by atoms with E-state index >= 15 is 0 Å². The Kier molecular flexibility index (Phi) is 19.3. The zero-order valence-corrected chi connectivity index (χ0v) is 23.0.